The lowest BCUT2D eigenvalue weighted by molar-refractivity contribution is -0.274. The zero-order chi connectivity index (χ0) is 21.6. The number of benzene rings is 1. The summed E-state index contributed by atoms with van der Waals surface area (Å²) < 4.78 is 43.8. The number of hydrogen-bond donors (Lipinski definition) is 2. The zero-order valence-corrected chi connectivity index (χ0v) is 17.5. The summed E-state index contributed by atoms with van der Waals surface area (Å²) in [6.45, 7) is 1.65. The molecule has 0 aliphatic carbocycles. The number of thiol groups is 1. The van der Waals surface area contributed by atoms with Gasteiger partial charge in [0.1, 0.15) is 11.4 Å². The van der Waals surface area contributed by atoms with E-state index in [4.69, 9.17) is 10.5 Å². The molecule has 10 heteroatoms. The Kier molecular flexibility index (Phi) is 7.57. The highest BCUT2D eigenvalue weighted by Gasteiger charge is 2.30. The van der Waals surface area contributed by atoms with E-state index in [2.05, 4.69) is 27.3 Å². The molecule has 1 saturated heterocycles. The van der Waals surface area contributed by atoms with Gasteiger partial charge in [-0.15, -0.1) is 37.1 Å². The number of pyridine rings is 1. The fourth-order valence-electron chi connectivity index (χ4n) is 2.92. The van der Waals surface area contributed by atoms with E-state index in [-0.39, 0.29) is 5.75 Å². The lowest BCUT2D eigenvalue weighted by atomic mass is 9.96. The van der Waals surface area contributed by atoms with Gasteiger partial charge in [-0.25, -0.2) is 4.98 Å². The number of thiazole rings is 1. The van der Waals surface area contributed by atoms with E-state index >= 15 is 0 Å². The molecule has 3 heterocycles. The highest BCUT2D eigenvalue weighted by molar-refractivity contribution is 7.80. The van der Waals surface area contributed by atoms with Gasteiger partial charge in [-0.3, -0.25) is 4.98 Å². The monoisotopic (exact) mass is 455 g/mol. The number of aromatic nitrogens is 2. The molecule has 1 aliphatic heterocycles. The van der Waals surface area contributed by atoms with Crippen LogP contribution >= 0.6 is 24.0 Å². The van der Waals surface area contributed by atoms with Crippen LogP contribution in [0.25, 0.3) is 11.4 Å². The smallest absolute Gasteiger partial charge is 0.406 e. The number of nitrogens with zero attached hydrogens (tertiary/aromatic N) is 2. The van der Waals surface area contributed by atoms with Crippen LogP contribution in [0.2, 0.25) is 0 Å². The van der Waals surface area contributed by atoms with E-state index in [1.807, 2.05) is 18.2 Å². The third-order valence-corrected chi connectivity index (χ3v) is 5.58. The Hall–Kier alpha value is -2.30. The number of nitrogens with two attached hydrogens (primary N) is 1. The summed E-state index contributed by atoms with van der Waals surface area (Å²) in [7, 11) is 0. The molecule has 0 radical (unpaired) electrons. The molecule has 0 amide bonds. The first-order valence-electron chi connectivity index (χ1n) is 9.12. The SMILES string of the molecule is FC(F)(F)Oc1ccc(S)cc1.Nc1nc(-c2ccccn2)c(C2CCOCC2)s1. The molecule has 0 saturated carbocycles. The normalized spacial score (nSPS) is 14.7. The number of rotatable bonds is 3. The van der Waals surface area contributed by atoms with Crippen molar-refractivity contribution in [3.63, 3.8) is 0 Å². The van der Waals surface area contributed by atoms with Gasteiger partial charge in [-0.1, -0.05) is 6.07 Å². The number of anilines is 1. The van der Waals surface area contributed by atoms with Crippen molar-refractivity contribution in [3.05, 3.63) is 53.5 Å². The molecule has 0 atom stereocenters. The number of nitrogen functional groups attached to an aromatic ring is 1. The molecule has 4 rings (SSSR count). The summed E-state index contributed by atoms with van der Waals surface area (Å²) in [6, 6.07) is 11.1. The Balaban J connectivity index is 0.000000187. The van der Waals surface area contributed by atoms with Crippen molar-refractivity contribution >= 4 is 29.1 Å². The first kappa shape index (κ1) is 22.4. The molecule has 2 N–H and O–H groups in total. The quantitative estimate of drug-likeness (QED) is 0.507. The van der Waals surface area contributed by atoms with Crippen molar-refractivity contribution < 1.29 is 22.6 Å². The van der Waals surface area contributed by atoms with Crippen molar-refractivity contribution in [1.29, 1.82) is 0 Å². The predicted molar refractivity (Wildman–Crippen MR) is 113 cm³/mol. The Morgan fingerprint density at radius 1 is 1.10 bits per heavy atom. The van der Waals surface area contributed by atoms with E-state index in [0.29, 0.717) is 15.9 Å². The minimum Gasteiger partial charge on any atom is -0.406 e. The van der Waals surface area contributed by atoms with E-state index in [0.717, 1.165) is 37.4 Å². The van der Waals surface area contributed by atoms with Crippen LogP contribution in [0.15, 0.2) is 53.6 Å². The Bertz CT molecular complexity index is 929. The van der Waals surface area contributed by atoms with Crippen molar-refractivity contribution in [3.8, 4) is 17.1 Å². The molecule has 160 valence electrons. The third-order valence-electron chi connectivity index (χ3n) is 4.24. The topological polar surface area (TPSA) is 70.3 Å². The van der Waals surface area contributed by atoms with Gasteiger partial charge in [-0.2, -0.15) is 0 Å². The van der Waals surface area contributed by atoms with E-state index in [9.17, 15) is 13.2 Å². The second kappa shape index (κ2) is 10.1. The summed E-state index contributed by atoms with van der Waals surface area (Å²) in [5, 5.41) is 0.622. The molecule has 1 fully saturated rings. The summed E-state index contributed by atoms with van der Waals surface area (Å²) in [4.78, 5) is 10.7. The molecule has 2 aromatic heterocycles. The zero-order valence-electron chi connectivity index (χ0n) is 15.8. The molecule has 5 nitrogen and oxygen atoms in total. The van der Waals surface area contributed by atoms with E-state index in [1.54, 1.807) is 17.5 Å². The lowest BCUT2D eigenvalue weighted by Crippen LogP contribution is -2.16. The van der Waals surface area contributed by atoms with Crippen LogP contribution in [-0.2, 0) is 4.74 Å². The first-order chi connectivity index (χ1) is 14.3. The largest absolute Gasteiger partial charge is 0.573 e. The van der Waals surface area contributed by atoms with Crippen LogP contribution in [-0.4, -0.2) is 29.5 Å². The minimum atomic E-state index is -4.63. The fraction of sp³-hybridized carbons (Fsp3) is 0.300. The van der Waals surface area contributed by atoms with Crippen molar-refractivity contribution in [2.75, 3.05) is 18.9 Å². The van der Waals surface area contributed by atoms with E-state index in [1.165, 1.54) is 29.1 Å². The highest BCUT2D eigenvalue weighted by Crippen LogP contribution is 2.38. The maximum absolute atomic E-state index is 11.6. The minimum absolute atomic E-state index is 0.236. The van der Waals surface area contributed by atoms with Crippen LogP contribution in [0.1, 0.15) is 23.6 Å². The summed E-state index contributed by atoms with van der Waals surface area (Å²) in [6.07, 6.45) is -0.750. The summed E-state index contributed by atoms with van der Waals surface area (Å²) >= 11 is 5.49. The maximum Gasteiger partial charge on any atom is 0.573 e. The van der Waals surface area contributed by atoms with Crippen LogP contribution in [0.3, 0.4) is 0 Å². The third kappa shape index (κ3) is 6.61. The number of halogens is 3. The molecule has 1 aromatic carbocycles. The fourth-order valence-corrected chi connectivity index (χ4v) is 4.08. The molecule has 1 aliphatic rings. The van der Waals surface area contributed by atoms with Crippen LogP contribution in [0, 0.1) is 0 Å². The molecule has 3 aromatic rings. The average molecular weight is 456 g/mol. The van der Waals surface area contributed by atoms with Gasteiger partial charge in [0, 0.05) is 35.1 Å². The Morgan fingerprint density at radius 2 is 1.80 bits per heavy atom. The van der Waals surface area contributed by atoms with Gasteiger partial charge in [0.05, 0.1) is 5.69 Å². The van der Waals surface area contributed by atoms with Gasteiger partial charge in [0.25, 0.3) is 0 Å². The highest BCUT2D eigenvalue weighted by atomic mass is 32.1. The maximum atomic E-state index is 11.6. The summed E-state index contributed by atoms with van der Waals surface area (Å²) in [5.74, 6) is 0.269. The van der Waals surface area contributed by atoms with Gasteiger partial charge in [-0.05, 0) is 49.2 Å². The number of alkyl halides is 3. The van der Waals surface area contributed by atoms with Crippen molar-refractivity contribution in [2.45, 2.75) is 30.0 Å². The Labute approximate surface area is 181 Å². The second-order valence-corrected chi connectivity index (χ2v) is 7.99. The molecule has 30 heavy (non-hydrogen) atoms. The average Bonchev–Trinajstić information content (AvgIpc) is 3.12. The Morgan fingerprint density at radius 3 is 2.40 bits per heavy atom. The molecule has 0 unspecified atom stereocenters. The second-order valence-electron chi connectivity index (χ2n) is 6.41. The first-order valence-corrected chi connectivity index (χ1v) is 10.4. The lowest BCUT2D eigenvalue weighted by Gasteiger charge is -2.21. The number of hydrogen-bond acceptors (Lipinski definition) is 7. The summed E-state index contributed by atoms with van der Waals surface area (Å²) in [5.41, 5.74) is 7.73. The van der Waals surface area contributed by atoms with Crippen LogP contribution in [0.5, 0.6) is 5.75 Å². The predicted octanol–water partition coefficient (Wildman–Crippen LogP) is 5.56. The van der Waals surface area contributed by atoms with Crippen molar-refractivity contribution in [1.82, 2.24) is 9.97 Å². The van der Waals surface area contributed by atoms with E-state index < -0.39 is 6.36 Å². The molecule has 0 bridgehead atoms. The molecular weight excluding hydrogens is 435 g/mol. The molecule has 0 spiro atoms. The van der Waals surface area contributed by atoms with Gasteiger partial charge in [0.2, 0.25) is 0 Å². The molecular formula is C20H20F3N3O2S2. The van der Waals surface area contributed by atoms with Crippen LogP contribution in [0.4, 0.5) is 18.3 Å². The van der Waals surface area contributed by atoms with Crippen molar-refractivity contribution in [2.24, 2.45) is 0 Å². The van der Waals surface area contributed by atoms with Gasteiger partial charge in [0.15, 0.2) is 5.13 Å². The number of ether oxygens (including phenoxy) is 2. The standard InChI is InChI=1S/C13H15N3OS.C7H5F3OS/c14-13-16-11(10-3-1-2-6-15-10)12(18-13)9-4-7-17-8-5-9;8-7(9,10)11-5-1-3-6(12)4-2-5/h1-3,6,9H,4-5,7-8H2,(H2,14,16);1-4,12H. The van der Waals surface area contributed by atoms with Gasteiger partial charge < -0.3 is 15.2 Å². The van der Waals surface area contributed by atoms with Gasteiger partial charge >= 0.3 is 6.36 Å². The van der Waals surface area contributed by atoms with Crippen LogP contribution < -0.4 is 10.5 Å².